The number of hydrogen-bond donors (Lipinski definition) is 1. The average Bonchev–Trinajstić information content (AvgIpc) is 2.53. The van der Waals surface area contributed by atoms with Gasteiger partial charge < -0.3 is 14.8 Å². The third-order valence-corrected chi connectivity index (χ3v) is 4.54. The number of nitrogens with one attached hydrogen (secondary N) is 1. The van der Waals surface area contributed by atoms with Gasteiger partial charge in [-0.25, -0.2) is 4.79 Å². The SMILES string of the molecule is CCOCCOC(=O)C1=C(C)NC(=O)C[C@@H]1c1cccc(Cl)c1Cl. The lowest BCUT2D eigenvalue weighted by atomic mass is 9.84. The molecule has 0 aliphatic carbocycles. The third kappa shape index (κ3) is 4.29. The summed E-state index contributed by atoms with van der Waals surface area (Å²) >= 11 is 12.3. The monoisotopic (exact) mass is 371 g/mol. The summed E-state index contributed by atoms with van der Waals surface area (Å²) in [5.74, 6) is -1.17. The van der Waals surface area contributed by atoms with Crippen molar-refractivity contribution in [2.24, 2.45) is 0 Å². The van der Waals surface area contributed by atoms with Crippen LogP contribution in [-0.4, -0.2) is 31.7 Å². The third-order valence-electron chi connectivity index (χ3n) is 3.71. The first-order valence-corrected chi connectivity index (χ1v) is 8.40. The lowest BCUT2D eigenvalue weighted by Crippen LogP contribution is -2.34. The fraction of sp³-hybridized carbons (Fsp3) is 0.412. The highest BCUT2D eigenvalue weighted by molar-refractivity contribution is 6.42. The molecule has 5 nitrogen and oxygen atoms in total. The number of benzene rings is 1. The van der Waals surface area contributed by atoms with E-state index in [2.05, 4.69) is 5.32 Å². The Labute approximate surface area is 150 Å². The van der Waals surface area contributed by atoms with E-state index in [9.17, 15) is 9.59 Å². The summed E-state index contributed by atoms with van der Waals surface area (Å²) in [5, 5.41) is 3.39. The lowest BCUT2D eigenvalue weighted by molar-refractivity contribution is -0.141. The van der Waals surface area contributed by atoms with Gasteiger partial charge in [0.2, 0.25) is 5.91 Å². The molecule has 0 unspecified atom stereocenters. The van der Waals surface area contributed by atoms with Gasteiger partial charge in [-0.2, -0.15) is 0 Å². The number of carbonyl (C=O) groups is 2. The quantitative estimate of drug-likeness (QED) is 0.614. The predicted molar refractivity (Wildman–Crippen MR) is 92.1 cm³/mol. The van der Waals surface area contributed by atoms with Gasteiger partial charge in [0.25, 0.3) is 0 Å². The molecule has 1 N–H and O–H groups in total. The van der Waals surface area contributed by atoms with E-state index >= 15 is 0 Å². The minimum atomic E-state index is -0.496. The maximum atomic E-state index is 12.5. The zero-order valence-corrected chi connectivity index (χ0v) is 15.0. The Kier molecular flexibility index (Phi) is 6.66. The van der Waals surface area contributed by atoms with Crippen molar-refractivity contribution in [1.82, 2.24) is 5.32 Å². The van der Waals surface area contributed by atoms with Crippen molar-refractivity contribution >= 4 is 35.1 Å². The zero-order chi connectivity index (χ0) is 17.7. The summed E-state index contributed by atoms with van der Waals surface area (Å²) < 4.78 is 10.4. The van der Waals surface area contributed by atoms with Crippen molar-refractivity contribution in [3.63, 3.8) is 0 Å². The molecule has 0 radical (unpaired) electrons. The fourth-order valence-electron chi connectivity index (χ4n) is 2.64. The minimum absolute atomic E-state index is 0.104. The molecule has 0 bridgehead atoms. The van der Waals surface area contributed by atoms with Crippen LogP contribution in [0.3, 0.4) is 0 Å². The highest BCUT2D eigenvalue weighted by Gasteiger charge is 2.34. The Morgan fingerprint density at radius 2 is 2.08 bits per heavy atom. The lowest BCUT2D eigenvalue weighted by Gasteiger charge is -2.27. The van der Waals surface area contributed by atoms with Crippen LogP contribution in [0, 0.1) is 0 Å². The van der Waals surface area contributed by atoms with Gasteiger partial charge in [-0.3, -0.25) is 4.79 Å². The van der Waals surface area contributed by atoms with Crippen molar-refractivity contribution in [1.29, 1.82) is 0 Å². The fourth-order valence-corrected chi connectivity index (χ4v) is 3.08. The van der Waals surface area contributed by atoms with Crippen LogP contribution in [0.4, 0.5) is 0 Å². The molecule has 1 aliphatic heterocycles. The van der Waals surface area contributed by atoms with Crippen molar-refractivity contribution in [2.45, 2.75) is 26.2 Å². The summed E-state index contributed by atoms with van der Waals surface area (Å²) in [6.45, 7) is 4.55. The average molecular weight is 372 g/mol. The molecule has 24 heavy (non-hydrogen) atoms. The summed E-state index contributed by atoms with van der Waals surface area (Å²) in [5.41, 5.74) is 1.49. The molecule has 7 heteroatoms. The van der Waals surface area contributed by atoms with Crippen LogP contribution in [0.25, 0.3) is 0 Å². The van der Waals surface area contributed by atoms with Crippen LogP contribution < -0.4 is 5.32 Å². The van der Waals surface area contributed by atoms with Crippen molar-refractivity contribution in [2.75, 3.05) is 19.8 Å². The summed E-state index contributed by atoms with van der Waals surface area (Å²) in [7, 11) is 0. The van der Waals surface area contributed by atoms with Gasteiger partial charge >= 0.3 is 5.97 Å². The largest absolute Gasteiger partial charge is 0.460 e. The molecule has 130 valence electrons. The van der Waals surface area contributed by atoms with Crippen molar-refractivity contribution in [3.05, 3.63) is 45.1 Å². The number of carbonyl (C=O) groups excluding carboxylic acids is 2. The maximum absolute atomic E-state index is 12.5. The molecule has 1 heterocycles. The number of halogens is 2. The zero-order valence-electron chi connectivity index (χ0n) is 13.5. The second kappa shape index (κ2) is 8.51. The Balaban J connectivity index is 2.30. The molecule has 0 spiro atoms. The van der Waals surface area contributed by atoms with Crippen molar-refractivity contribution < 1.29 is 19.1 Å². The smallest absolute Gasteiger partial charge is 0.336 e. The molecule has 0 saturated carbocycles. The van der Waals surface area contributed by atoms with E-state index in [0.29, 0.717) is 40.1 Å². The Bertz CT molecular complexity index is 673. The summed E-state index contributed by atoms with van der Waals surface area (Å²) in [6, 6.07) is 5.16. The number of allylic oxidation sites excluding steroid dienone is 1. The van der Waals surface area contributed by atoms with E-state index in [4.69, 9.17) is 32.7 Å². The molecule has 1 amide bonds. The van der Waals surface area contributed by atoms with E-state index in [-0.39, 0.29) is 18.9 Å². The Morgan fingerprint density at radius 1 is 1.33 bits per heavy atom. The predicted octanol–water partition coefficient (Wildman–Crippen LogP) is 3.45. The van der Waals surface area contributed by atoms with Gasteiger partial charge in [0.15, 0.2) is 0 Å². The number of rotatable bonds is 6. The van der Waals surface area contributed by atoms with Crippen LogP contribution in [-0.2, 0) is 19.1 Å². The van der Waals surface area contributed by atoms with Crippen molar-refractivity contribution in [3.8, 4) is 0 Å². The van der Waals surface area contributed by atoms with Gasteiger partial charge in [-0.15, -0.1) is 0 Å². The van der Waals surface area contributed by atoms with Gasteiger partial charge in [0, 0.05) is 24.6 Å². The van der Waals surface area contributed by atoms with Gasteiger partial charge in [-0.05, 0) is 25.5 Å². The van der Waals surface area contributed by atoms with Crippen LogP contribution in [0.15, 0.2) is 29.5 Å². The molecule has 2 rings (SSSR count). The van der Waals surface area contributed by atoms with E-state index < -0.39 is 11.9 Å². The highest BCUT2D eigenvalue weighted by atomic mass is 35.5. The number of ether oxygens (including phenoxy) is 2. The van der Waals surface area contributed by atoms with E-state index in [0.717, 1.165) is 0 Å². The molecule has 1 atom stereocenters. The topological polar surface area (TPSA) is 64.6 Å². The summed E-state index contributed by atoms with van der Waals surface area (Å²) in [6.07, 6.45) is 0.104. The van der Waals surface area contributed by atoms with Gasteiger partial charge in [-0.1, -0.05) is 35.3 Å². The second-order valence-corrected chi connectivity index (χ2v) is 6.10. The molecule has 0 fully saturated rings. The summed E-state index contributed by atoms with van der Waals surface area (Å²) in [4.78, 5) is 24.4. The van der Waals surface area contributed by atoms with E-state index in [1.807, 2.05) is 6.92 Å². The maximum Gasteiger partial charge on any atom is 0.336 e. The first-order chi connectivity index (χ1) is 11.5. The molecule has 0 saturated heterocycles. The van der Waals surface area contributed by atoms with Gasteiger partial charge in [0.1, 0.15) is 6.61 Å². The minimum Gasteiger partial charge on any atom is -0.460 e. The van der Waals surface area contributed by atoms with Crippen LogP contribution in [0.5, 0.6) is 0 Å². The molecule has 1 aliphatic rings. The standard InChI is InChI=1S/C17H19Cl2NO4/c1-3-23-7-8-24-17(22)15-10(2)20-14(21)9-12(15)11-5-4-6-13(18)16(11)19/h4-6,12H,3,7-9H2,1-2H3,(H,20,21)/t12-/m1/s1. The molecular weight excluding hydrogens is 353 g/mol. The first kappa shape index (κ1) is 18.8. The number of esters is 1. The highest BCUT2D eigenvalue weighted by Crippen LogP contribution is 2.39. The molecule has 0 aromatic heterocycles. The van der Waals surface area contributed by atoms with Gasteiger partial charge in [0.05, 0.1) is 22.2 Å². The normalized spacial score (nSPS) is 17.7. The Hall–Kier alpha value is -1.56. The number of amides is 1. The first-order valence-electron chi connectivity index (χ1n) is 7.65. The molecular formula is C17H19Cl2NO4. The Morgan fingerprint density at radius 3 is 2.79 bits per heavy atom. The molecule has 1 aromatic carbocycles. The van der Waals surface area contributed by atoms with Crippen LogP contribution in [0.2, 0.25) is 10.0 Å². The van der Waals surface area contributed by atoms with E-state index in [1.54, 1.807) is 25.1 Å². The molecule has 1 aromatic rings. The number of hydrogen-bond acceptors (Lipinski definition) is 4. The second-order valence-electron chi connectivity index (χ2n) is 5.32. The van der Waals surface area contributed by atoms with E-state index in [1.165, 1.54) is 0 Å². The van der Waals surface area contributed by atoms with Crippen LogP contribution in [0.1, 0.15) is 31.7 Å². The van der Waals surface area contributed by atoms with Crippen LogP contribution >= 0.6 is 23.2 Å².